The van der Waals surface area contributed by atoms with E-state index in [1.54, 1.807) is 6.42 Å². The Hall–Kier alpha value is -0.690. The van der Waals surface area contributed by atoms with Gasteiger partial charge in [-0.1, -0.05) is 42.5 Å². The number of benzene rings is 1. The molecular weight excluding hydrogens is 260 g/mol. The lowest BCUT2D eigenvalue weighted by atomic mass is 9.51. The van der Waals surface area contributed by atoms with Crippen molar-refractivity contribution in [1.29, 1.82) is 0 Å². The molecule has 0 nitrogen and oxygen atoms in total. The van der Waals surface area contributed by atoms with Crippen LogP contribution in [0.25, 0.3) is 0 Å². The lowest BCUT2D eigenvalue weighted by Crippen LogP contribution is -2.45. The van der Waals surface area contributed by atoms with Crippen molar-refractivity contribution < 1.29 is 0 Å². The topological polar surface area (TPSA) is 0 Å². The summed E-state index contributed by atoms with van der Waals surface area (Å²) in [5, 5.41) is 0. The molecule has 0 unspecified atom stereocenters. The van der Waals surface area contributed by atoms with Gasteiger partial charge in [0.1, 0.15) is 0 Å². The molecule has 4 saturated carbocycles. The summed E-state index contributed by atoms with van der Waals surface area (Å²) in [6.45, 7) is 0. The SMILES string of the molecule is S=C(Cc1ccccc1)CC1C2CC3CC(C2)CC1C3. The molecule has 0 radical (unpaired) electrons. The summed E-state index contributed by atoms with van der Waals surface area (Å²) in [5.41, 5.74) is 1.39. The van der Waals surface area contributed by atoms with Crippen LogP contribution < -0.4 is 0 Å². The average Bonchev–Trinajstić information content (AvgIpc) is 2.43. The standard InChI is InChI=1S/C19H24S/c20-18(11-13-4-2-1-3-5-13)12-19-16-7-14-6-15(9-16)10-17(19)8-14/h1-5,14-17,19H,6-12H2. The highest BCUT2D eigenvalue weighted by molar-refractivity contribution is 7.80. The fraction of sp³-hybridized carbons (Fsp3) is 0.632. The molecule has 0 heterocycles. The Balaban J connectivity index is 1.40. The first-order chi connectivity index (χ1) is 9.78. The van der Waals surface area contributed by atoms with Crippen LogP contribution in [0.15, 0.2) is 30.3 Å². The number of rotatable bonds is 4. The summed E-state index contributed by atoms with van der Waals surface area (Å²) < 4.78 is 0. The zero-order valence-electron chi connectivity index (χ0n) is 12.1. The van der Waals surface area contributed by atoms with E-state index in [1.165, 1.54) is 42.5 Å². The van der Waals surface area contributed by atoms with E-state index in [9.17, 15) is 0 Å². The second-order valence-electron chi connectivity index (χ2n) is 7.50. The quantitative estimate of drug-likeness (QED) is 0.696. The fourth-order valence-electron chi connectivity index (χ4n) is 5.53. The molecule has 5 rings (SSSR count). The third-order valence-electron chi connectivity index (χ3n) is 6.13. The minimum absolute atomic E-state index is 0.930. The smallest absolute Gasteiger partial charge is 0.00383 e. The zero-order valence-corrected chi connectivity index (χ0v) is 12.9. The van der Waals surface area contributed by atoms with Crippen molar-refractivity contribution in [1.82, 2.24) is 0 Å². The molecule has 0 atom stereocenters. The lowest BCUT2D eigenvalue weighted by Gasteiger charge is -2.54. The first kappa shape index (κ1) is 13.0. The summed E-state index contributed by atoms with van der Waals surface area (Å²) in [4.78, 5) is 1.30. The van der Waals surface area contributed by atoms with Crippen molar-refractivity contribution >= 4 is 17.1 Å². The molecular formula is C19H24S. The van der Waals surface area contributed by atoms with Crippen LogP contribution in [-0.4, -0.2) is 4.86 Å². The molecule has 4 aliphatic carbocycles. The van der Waals surface area contributed by atoms with Gasteiger partial charge >= 0.3 is 0 Å². The van der Waals surface area contributed by atoms with Crippen LogP contribution in [0.2, 0.25) is 0 Å². The van der Waals surface area contributed by atoms with Crippen molar-refractivity contribution in [2.75, 3.05) is 0 Å². The molecule has 4 fully saturated rings. The summed E-state index contributed by atoms with van der Waals surface area (Å²) >= 11 is 5.74. The van der Waals surface area contributed by atoms with Gasteiger partial charge in [0, 0.05) is 6.42 Å². The second-order valence-corrected chi connectivity index (χ2v) is 8.08. The van der Waals surface area contributed by atoms with Crippen molar-refractivity contribution in [2.24, 2.45) is 29.6 Å². The van der Waals surface area contributed by atoms with Crippen LogP contribution in [0.3, 0.4) is 0 Å². The van der Waals surface area contributed by atoms with E-state index < -0.39 is 0 Å². The maximum Gasteiger partial charge on any atom is 0.00383 e. The summed E-state index contributed by atoms with van der Waals surface area (Å²) in [6, 6.07) is 10.8. The number of hydrogen-bond donors (Lipinski definition) is 0. The van der Waals surface area contributed by atoms with E-state index in [2.05, 4.69) is 30.3 Å². The van der Waals surface area contributed by atoms with Gasteiger partial charge in [-0.3, -0.25) is 0 Å². The van der Waals surface area contributed by atoms with Crippen LogP contribution in [0.4, 0.5) is 0 Å². The molecule has 0 aromatic heterocycles. The Labute approximate surface area is 128 Å². The molecule has 4 aliphatic rings. The Morgan fingerprint density at radius 2 is 1.50 bits per heavy atom. The van der Waals surface area contributed by atoms with Crippen LogP contribution in [0, 0.1) is 29.6 Å². The van der Waals surface area contributed by atoms with Crippen molar-refractivity contribution in [3.63, 3.8) is 0 Å². The summed E-state index contributed by atoms with van der Waals surface area (Å²) in [5.74, 6) is 5.12. The highest BCUT2D eigenvalue weighted by atomic mass is 32.1. The highest BCUT2D eigenvalue weighted by Crippen LogP contribution is 2.57. The van der Waals surface area contributed by atoms with Crippen molar-refractivity contribution in [2.45, 2.75) is 44.9 Å². The van der Waals surface area contributed by atoms with Gasteiger partial charge in [0.25, 0.3) is 0 Å². The van der Waals surface area contributed by atoms with E-state index in [0.29, 0.717) is 0 Å². The molecule has 0 spiro atoms. The van der Waals surface area contributed by atoms with E-state index in [-0.39, 0.29) is 0 Å². The molecule has 20 heavy (non-hydrogen) atoms. The molecule has 1 aromatic rings. The molecule has 0 amide bonds. The van der Waals surface area contributed by atoms with Gasteiger partial charge < -0.3 is 0 Å². The van der Waals surface area contributed by atoms with E-state index in [0.717, 1.165) is 36.0 Å². The molecule has 4 bridgehead atoms. The first-order valence-corrected chi connectivity index (χ1v) is 8.74. The van der Waals surface area contributed by atoms with Gasteiger partial charge in [0.05, 0.1) is 0 Å². The van der Waals surface area contributed by atoms with E-state index in [1.807, 2.05) is 0 Å². The Bertz CT molecular complexity index is 462. The summed E-state index contributed by atoms with van der Waals surface area (Å²) in [6.07, 6.45) is 9.86. The average molecular weight is 284 g/mol. The van der Waals surface area contributed by atoms with Gasteiger partial charge in [-0.05, 0) is 78.5 Å². The molecule has 0 N–H and O–H groups in total. The Morgan fingerprint density at radius 1 is 0.900 bits per heavy atom. The lowest BCUT2D eigenvalue weighted by molar-refractivity contribution is -0.0330. The van der Waals surface area contributed by atoms with Gasteiger partial charge in [-0.25, -0.2) is 0 Å². The summed E-state index contributed by atoms with van der Waals surface area (Å²) in [7, 11) is 0. The van der Waals surface area contributed by atoms with Gasteiger partial charge in [0.15, 0.2) is 0 Å². The van der Waals surface area contributed by atoms with Gasteiger partial charge in [-0.15, -0.1) is 0 Å². The normalized spacial score (nSPS) is 38.1. The number of thiocarbonyl (C=S) groups is 1. The fourth-order valence-corrected chi connectivity index (χ4v) is 5.89. The van der Waals surface area contributed by atoms with Gasteiger partial charge in [-0.2, -0.15) is 0 Å². The molecule has 0 saturated heterocycles. The van der Waals surface area contributed by atoms with Crippen LogP contribution in [0.1, 0.15) is 44.1 Å². The second kappa shape index (κ2) is 5.26. The third-order valence-corrected chi connectivity index (χ3v) is 6.44. The predicted molar refractivity (Wildman–Crippen MR) is 87.9 cm³/mol. The maximum absolute atomic E-state index is 5.74. The number of hydrogen-bond acceptors (Lipinski definition) is 1. The van der Waals surface area contributed by atoms with Crippen LogP contribution in [0.5, 0.6) is 0 Å². The molecule has 1 heteroatoms. The maximum atomic E-state index is 5.74. The highest BCUT2D eigenvalue weighted by Gasteiger charge is 2.47. The van der Waals surface area contributed by atoms with Gasteiger partial charge in [0.2, 0.25) is 0 Å². The van der Waals surface area contributed by atoms with E-state index >= 15 is 0 Å². The predicted octanol–water partition coefficient (Wildman–Crippen LogP) is 5.06. The zero-order chi connectivity index (χ0) is 13.5. The third kappa shape index (κ3) is 2.45. The molecule has 0 aliphatic heterocycles. The van der Waals surface area contributed by atoms with Crippen molar-refractivity contribution in [3.8, 4) is 0 Å². The minimum Gasteiger partial charge on any atom is -0.0893 e. The largest absolute Gasteiger partial charge is 0.0893 e. The van der Waals surface area contributed by atoms with Crippen molar-refractivity contribution in [3.05, 3.63) is 35.9 Å². The Kier molecular flexibility index (Phi) is 3.42. The first-order valence-electron chi connectivity index (χ1n) is 8.33. The minimum atomic E-state index is 0.930. The molecule has 106 valence electrons. The molecule has 1 aromatic carbocycles. The van der Waals surface area contributed by atoms with Crippen LogP contribution >= 0.6 is 12.2 Å². The van der Waals surface area contributed by atoms with E-state index in [4.69, 9.17) is 12.2 Å². The van der Waals surface area contributed by atoms with Crippen LogP contribution in [-0.2, 0) is 6.42 Å². The monoisotopic (exact) mass is 284 g/mol. The Morgan fingerprint density at radius 3 is 2.10 bits per heavy atom.